The molecule has 1 atom stereocenters. The van der Waals surface area contributed by atoms with E-state index in [1.54, 1.807) is 0 Å². The Bertz CT molecular complexity index is 276. The van der Waals surface area contributed by atoms with Crippen LogP contribution in [0.25, 0.3) is 0 Å². The van der Waals surface area contributed by atoms with E-state index in [4.69, 9.17) is 10.5 Å². The normalized spacial score (nSPS) is 25.7. The Kier molecular flexibility index (Phi) is 6.11. The Balaban J connectivity index is 2.21. The van der Waals surface area contributed by atoms with Crippen molar-refractivity contribution in [3.8, 4) is 0 Å². The molecule has 1 fully saturated rings. The van der Waals surface area contributed by atoms with Crippen LogP contribution in [0.5, 0.6) is 0 Å². The average Bonchev–Trinajstić information content (AvgIpc) is 2.25. The second kappa shape index (κ2) is 7.13. The first-order chi connectivity index (χ1) is 8.76. The zero-order valence-electron chi connectivity index (χ0n) is 12.9. The lowest BCUT2D eigenvalue weighted by molar-refractivity contribution is 0.0486. The molecule has 1 rings (SSSR count). The van der Waals surface area contributed by atoms with Crippen LogP contribution in [-0.2, 0) is 4.74 Å². The van der Waals surface area contributed by atoms with Crippen molar-refractivity contribution in [1.82, 2.24) is 5.32 Å². The molecule has 4 heteroatoms. The molecule has 0 spiro atoms. The van der Waals surface area contributed by atoms with Crippen LogP contribution in [0.3, 0.4) is 0 Å². The fourth-order valence-corrected chi connectivity index (χ4v) is 2.57. The number of amides is 1. The standard InChI is InChI=1S/C15H30N2O2/c1-11(16)5-6-12-7-9-13(10-8-12)17-14(18)19-15(2,3)4/h11-13H,5-10,16H2,1-4H3,(H,17,18). The molecule has 0 radical (unpaired) electrons. The largest absolute Gasteiger partial charge is 0.444 e. The Morgan fingerprint density at radius 3 is 2.37 bits per heavy atom. The molecule has 1 amide bonds. The van der Waals surface area contributed by atoms with Crippen molar-refractivity contribution < 1.29 is 9.53 Å². The maximum Gasteiger partial charge on any atom is 0.407 e. The Labute approximate surface area is 117 Å². The minimum atomic E-state index is -0.418. The Morgan fingerprint density at radius 2 is 1.89 bits per heavy atom. The van der Waals surface area contributed by atoms with Gasteiger partial charge in [0.2, 0.25) is 0 Å². The fraction of sp³-hybridized carbons (Fsp3) is 0.933. The molecule has 0 saturated heterocycles. The van der Waals surface area contributed by atoms with E-state index >= 15 is 0 Å². The second-order valence-electron chi connectivity index (χ2n) is 6.92. The van der Waals surface area contributed by atoms with Crippen LogP contribution in [0.15, 0.2) is 0 Å². The Hall–Kier alpha value is -0.770. The zero-order chi connectivity index (χ0) is 14.5. The van der Waals surface area contributed by atoms with Crippen LogP contribution in [0, 0.1) is 5.92 Å². The number of ether oxygens (including phenoxy) is 1. The summed E-state index contributed by atoms with van der Waals surface area (Å²) in [6.45, 7) is 7.72. The molecule has 0 bridgehead atoms. The van der Waals surface area contributed by atoms with E-state index in [1.807, 2.05) is 20.8 Å². The number of rotatable bonds is 4. The van der Waals surface area contributed by atoms with Gasteiger partial charge in [0, 0.05) is 12.1 Å². The molecule has 0 aromatic carbocycles. The first-order valence-corrected chi connectivity index (χ1v) is 7.51. The Morgan fingerprint density at radius 1 is 1.32 bits per heavy atom. The summed E-state index contributed by atoms with van der Waals surface area (Å²) in [7, 11) is 0. The zero-order valence-corrected chi connectivity index (χ0v) is 12.9. The number of carbonyl (C=O) groups excluding carboxylic acids is 1. The van der Waals surface area contributed by atoms with Gasteiger partial charge in [-0.05, 0) is 72.1 Å². The third kappa shape index (κ3) is 7.41. The minimum Gasteiger partial charge on any atom is -0.444 e. The molecule has 0 aliphatic heterocycles. The smallest absolute Gasteiger partial charge is 0.407 e. The van der Waals surface area contributed by atoms with Crippen molar-refractivity contribution in [3.05, 3.63) is 0 Å². The number of alkyl carbamates (subject to hydrolysis) is 1. The van der Waals surface area contributed by atoms with Gasteiger partial charge in [0.1, 0.15) is 5.60 Å². The number of nitrogens with one attached hydrogen (secondary N) is 1. The number of carbonyl (C=O) groups is 1. The van der Waals surface area contributed by atoms with E-state index in [0.717, 1.165) is 25.2 Å². The van der Waals surface area contributed by atoms with Crippen molar-refractivity contribution in [2.45, 2.75) is 83.9 Å². The van der Waals surface area contributed by atoms with Crippen molar-refractivity contribution >= 4 is 6.09 Å². The van der Waals surface area contributed by atoms with Crippen molar-refractivity contribution in [2.75, 3.05) is 0 Å². The summed E-state index contributed by atoms with van der Waals surface area (Å²) in [6.07, 6.45) is 6.53. The van der Waals surface area contributed by atoms with Crippen LogP contribution in [0.2, 0.25) is 0 Å². The highest BCUT2D eigenvalue weighted by molar-refractivity contribution is 5.68. The number of hydrogen-bond acceptors (Lipinski definition) is 3. The summed E-state index contributed by atoms with van der Waals surface area (Å²) < 4.78 is 5.28. The highest BCUT2D eigenvalue weighted by Gasteiger charge is 2.24. The van der Waals surface area contributed by atoms with Gasteiger partial charge in [-0.3, -0.25) is 0 Å². The van der Waals surface area contributed by atoms with E-state index in [0.29, 0.717) is 6.04 Å². The van der Waals surface area contributed by atoms with Crippen LogP contribution in [0.4, 0.5) is 4.79 Å². The summed E-state index contributed by atoms with van der Waals surface area (Å²) in [5.74, 6) is 0.780. The van der Waals surface area contributed by atoms with Gasteiger partial charge in [-0.25, -0.2) is 4.79 Å². The predicted octanol–water partition coefficient (Wildman–Crippen LogP) is 3.20. The summed E-state index contributed by atoms with van der Waals surface area (Å²) >= 11 is 0. The quantitative estimate of drug-likeness (QED) is 0.824. The van der Waals surface area contributed by atoms with Crippen molar-refractivity contribution in [3.63, 3.8) is 0 Å². The van der Waals surface area contributed by atoms with E-state index in [9.17, 15) is 4.79 Å². The van der Waals surface area contributed by atoms with E-state index in [2.05, 4.69) is 12.2 Å². The SMILES string of the molecule is CC(N)CCC1CCC(NC(=O)OC(C)(C)C)CC1. The van der Waals surface area contributed by atoms with Gasteiger partial charge in [-0.2, -0.15) is 0 Å². The molecule has 0 aromatic rings. The molecular formula is C15H30N2O2. The van der Waals surface area contributed by atoms with Gasteiger partial charge >= 0.3 is 6.09 Å². The van der Waals surface area contributed by atoms with Gasteiger partial charge in [0.25, 0.3) is 0 Å². The van der Waals surface area contributed by atoms with Gasteiger partial charge in [0.15, 0.2) is 0 Å². The first kappa shape index (κ1) is 16.3. The van der Waals surface area contributed by atoms with Gasteiger partial charge in [-0.15, -0.1) is 0 Å². The third-order valence-corrected chi connectivity index (χ3v) is 3.60. The van der Waals surface area contributed by atoms with Crippen LogP contribution >= 0.6 is 0 Å². The molecule has 1 aliphatic carbocycles. The van der Waals surface area contributed by atoms with Crippen LogP contribution < -0.4 is 11.1 Å². The van der Waals surface area contributed by atoms with Crippen LogP contribution in [-0.4, -0.2) is 23.8 Å². The molecule has 112 valence electrons. The maximum absolute atomic E-state index is 11.7. The third-order valence-electron chi connectivity index (χ3n) is 3.60. The first-order valence-electron chi connectivity index (χ1n) is 7.51. The molecule has 4 nitrogen and oxygen atoms in total. The van der Waals surface area contributed by atoms with Crippen LogP contribution in [0.1, 0.15) is 66.2 Å². The molecule has 1 aliphatic rings. The summed E-state index contributed by atoms with van der Waals surface area (Å²) in [5, 5.41) is 2.97. The molecule has 19 heavy (non-hydrogen) atoms. The van der Waals surface area contributed by atoms with Gasteiger partial charge in [-0.1, -0.05) is 0 Å². The molecule has 0 heterocycles. The second-order valence-corrected chi connectivity index (χ2v) is 6.92. The van der Waals surface area contributed by atoms with E-state index in [-0.39, 0.29) is 12.1 Å². The monoisotopic (exact) mass is 270 g/mol. The van der Waals surface area contributed by atoms with Crippen molar-refractivity contribution in [2.24, 2.45) is 11.7 Å². The van der Waals surface area contributed by atoms with E-state index in [1.165, 1.54) is 19.3 Å². The molecule has 1 unspecified atom stereocenters. The fourth-order valence-electron chi connectivity index (χ4n) is 2.57. The molecule has 3 N–H and O–H groups in total. The topological polar surface area (TPSA) is 64.3 Å². The van der Waals surface area contributed by atoms with Crippen molar-refractivity contribution in [1.29, 1.82) is 0 Å². The minimum absolute atomic E-state index is 0.279. The average molecular weight is 270 g/mol. The number of nitrogens with two attached hydrogens (primary N) is 1. The summed E-state index contributed by atoms with van der Waals surface area (Å²) in [6, 6.07) is 0.582. The lowest BCUT2D eigenvalue weighted by atomic mass is 9.83. The van der Waals surface area contributed by atoms with Gasteiger partial charge in [0.05, 0.1) is 0 Å². The van der Waals surface area contributed by atoms with Gasteiger partial charge < -0.3 is 15.8 Å². The number of hydrogen-bond donors (Lipinski definition) is 2. The lowest BCUT2D eigenvalue weighted by Crippen LogP contribution is -2.41. The summed E-state index contributed by atoms with van der Waals surface area (Å²) in [5.41, 5.74) is 5.37. The molecule has 1 saturated carbocycles. The maximum atomic E-state index is 11.7. The predicted molar refractivity (Wildman–Crippen MR) is 78.0 cm³/mol. The highest BCUT2D eigenvalue weighted by Crippen LogP contribution is 2.28. The molecule has 0 aromatic heterocycles. The highest BCUT2D eigenvalue weighted by atomic mass is 16.6. The lowest BCUT2D eigenvalue weighted by Gasteiger charge is -2.30. The van der Waals surface area contributed by atoms with E-state index < -0.39 is 5.60 Å². The molecular weight excluding hydrogens is 240 g/mol. The summed E-state index contributed by atoms with van der Waals surface area (Å²) in [4.78, 5) is 11.7.